The number of nitrogens with one attached hydrogen (secondary N) is 1. The Morgan fingerprint density at radius 3 is 2.41 bits per heavy atom. The predicted octanol–water partition coefficient (Wildman–Crippen LogP) is 1.64. The molecule has 1 aromatic heterocycles. The van der Waals surface area contributed by atoms with E-state index in [0.717, 1.165) is 12.8 Å². The summed E-state index contributed by atoms with van der Waals surface area (Å²) in [5, 5.41) is 2.95. The number of carbonyl (C=O) groups excluding carboxylic acids is 2. The minimum atomic E-state index is -0.604. The van der Waals surface area contributed by atoms with Gasteiger partial charge >= 0.3 is 0 Å². The highest BCUT2D eigenvalue weighted by molar-refractivity contribution is 5.95. The zero-order valence-electron chi connectivity index (χ0n) is 12.1. The summed E-state index contributed by atoms with van der Waals surface area (Å²) in [5.41, 5.74) is 7.03. The third-order valence-corrected chi connectivity index (χ3v) is 4.11. The number of amides is 2. The van der Waals surface area contributed by atoms with E-state index in [0.29, 0.717) is 12.1 Å². The largest absolute Gasteiger partial charge is 0.364 e. The smallest absolute Gasteiger partial charge is 0.267 e. The van der Waals surface area contributed by atoms with Crippen LogP contribution in [0.5, 0.6) is 0 Å². The zero-order chi connectivity index (χ0) is 15.6. The third kappa shape index (κ3) is 2.83. The molecule has 0 spiro atoms. The Labute approximate surface area is 128 Å². The number of rotatable bonds is 5. The van der Waals surface area contributed by atoms with Crippen molar-refractivity contribution >= 4 is 11.8 Å². The lowest BCUT2D eigenvalue weighted by atomic mass is 9.96. The van der Waals surface area contributed by atoms with E-state index in [1.807, 2.05) is 18.2 Å². The van der Waals surface area contributed by atoms with Crippen LogP contribution in [0.15, 0.2) is 48.7 Å². The van der Waals surface area contributed by atoms with Crippen molar-refractivity contribution in [2.75, 3.05) is 6.54 Å². The van der Waals surface area contributed by atoms with Gasteiger partial charge in [-0.25, -0.2) is 0 Å². The van der Waals surface area contributed by atoms with Crippen LogP contribution in [0.3, 0.4) is 0 Å². The van der Waals surface area contributed by atoms with E-state index >= 15 is 0 Å². The summed E-state index contributed by atoms with van der Waals surface area (Å²) in [4.78, 5) is 27.0. The van der Waals surface area contributed by atoms with E-state index < -0.39 is 5.91 Å². The molecule has 0 bridgehead atoms. The van der Waals surface area contributed by atoms with E-state index in [1.165, 1.54) is 17.8 Å². The van der Waals surface area contributed by atoms with Gasteiger partial charge in [-0.1, -0.05) is 30.3 Å². The molecule has 1 fully saturated rings. The van der Waals surface area contributed by atoms with Crippen LogP contribution in [-0.4, -0.2) is 23.3 Å². The second kappa shape index (κ2) is 5.60. The normalized spacial score (nSPS) is 15.1. The van der Waals surface area contributed by atoms with Crippen molar-refractivity contribution in [3.8, 4) is 0 Å². The summed E-state index contributed by atoms with van der Waals surface area (Å²) in [6.07, 6.45) is 3.53. The molecule has 0 unspecified atom stereocenters. The van der Waals surface area contributed by atoms with Crippen LogP contribution in [-0.2, 0) is 5.41 Å². The summed E-state index contributed by atoms with van der Waals surface area (Å²) in [6, 6.07) is 13.2. The molecule has 1 aliphatic rings. The van der Waals surface area contributed by atoms with Crippen LogP contribution in [0.1, 0.15) is 39.3 Å². The number of nitrogens with zero attached hydrogens (tertiary/aromatic N) is 1. The fraction of sp³-hybridized carbons (Fsp3) is 0.235. The minimum Gasteiger partial charge on any atom is -0.364 e. The Kier molecular flexibility index (Phi) is 3.63. The first-order valence-electron chi connectivity index (χ1n) is 7.20. The highest BCUT2D eigenvalue weighted by atomic mass is 16.2. The van der Waals surface area contributed by atoms with Crippen molar-refractivity contribution in [2.24, 2.45) is 5.73 Å². The number of primary amides is 1. The van der Waals surface area contributed by atoms with Crippen molar-refractivity contribution in [1.82, 2.24) is 10.3 Å². The second-order valence-corrected chi connectivity index (χ2v) is 5.63. The van der Waals surface area contributed by atoms with Crippen molar-refractivity contribution in [1.29, 1.82) is 0 Å². The van der Waals surface area contributed by atoms with Crippen molar-refractivity contribution in [2.45, 2.75) is 18.3 Å². The maximum Gasteiger partial charge on any atom is 0.267 e. The number of nitrogens with two attached hydrogens (primary N) is 1. The molecule has 1 heterocycles. The lowest BCUT2D eigenvalue weighted by Gasteiger charge is -2.16. The highest BCUT2D eigenvalue weighted by Crippen LogP contribution is 2.47. The lowest BCUT2D eigenvalue weighted by molar-refractivity contribution is 0.0946. The van der Waals surface area contributed by atoms with Crippen LogP contribution in [0.2, 0.25) is 0 Å². The van der Waals surface area contributed by atoms with Crippen LogP contribution in [0.4, 0.5) is 0 Å². The van der Waals surface area contributed by atoms with Gasteiger partial charge in [-0.2, -0.15) is 0 Å². The second-order valence-electron chi connectivity index (χ2n) is 5.63. The van der Waals surface area contributed by atoms with Crippen LogP contribution < -0.4 is 11.1 Å². The minimum absolute atomic E-state index is 0.0670. The quantitative estimate of drug-likeness (QED) is 0.879. The molecular formula is C17H17N3O2. The zero-order valence-corrected chi connectivity index (χ0v) is 12.1. The molecule has 1 saturated carbocycles. The van der Waals surface area contributed by atoms with E-state index in [1.54, 1.807) is 6.07 Å². The molecule has 112 valence electrons. The molecule has 5 nitrogen and oxygen atoms in total. The van der Waals surface area contributed by atoms with Gasteiger partial charge in [0, 0.05) is 18.2 Å². The molecule has 2 aromatic rings. The monoisotopic (exact) mass is 295 g/mol. The maximum absolute atomic E-state index is 12.2. The Bertz CT molecular complexity index is 692. The highest BCUT2D eigenvalue weighted by Gasteiger charge is 2.44. The topological polar surface area (TPSA) is 85.1 Å². The van der Waals surface area contributed by atoms with Gasteiger partial charge in [-0.15, -0.1) is 0 Å². The Morgan fingerprint density at radius 1 is 1.14 bits per heavy atom. The number of pyridine rings is 1. The fourth-order valence-electron chi connectivity index (χ4n) is 2.54. The Hall–Kier alpha value is -2.69. The van der Waals surface area contributed by atoms with E-state index in [2.05, 4.69) is 22.4 Å². The molecule has 0 saturated heterocycles. The van der Waals surface area contributed by atoms with E-state index in [9.17, 15) is 9.59 Å². The standard InChI is InChI=1S/C17H17N3O2/c18-15(21)14-7-6-12(10-19-14)16(22)20-11-17(8-9-17)13-4-2-1-3-5-13/h1-7,10H,8-9,11H2,(H2,18,21)(H,20,22). The van der Waals surface area contributed by atoms with Crippen molar-refractivity contribution in [3.63, 3.8) is 0 Å². The lowest BCUT2D eigenvalue weighted by Crippen LogP contribution is -2.32. The molecule has 22 heavy (non-hydrogen) atoms. The summed E-state index contributed by atoms with van der Waals surface area (Å²) < 4.78 is 0. The van der Waals surface area contributed by atoms with Gasteiger partial charge in [-0.05, 0) is 30.5 Å². The first-order chi connectivity index (χ1) is 10.6. The summed E-state index contributed by atoms with van der Waals surface area (Å²) in [7, 11) is 0. The van der Waals surface area contributed by atoms with Crippen LogP contribution >= 0.6 is 0 Å². The van der Waals surface area contributed by atoms with E-state index in [-0.39, 0.29) is 17.0 Å². The summed E-state index contributed by atoms with van der Waals surface area (Å²) in [6.45, 7) is 0.605. The first-order valence-corrected chi connectivity index (χ1v) is 7.20. The van der Waals surface area contributed by atoms with Gasteiger partial charge in [0.15, 0.2) is 0 Å². The number of aromatic nitrogens is 1. The number of benzene rings is 1. The number of carbonyl (C=O) groups is 2. The Morgan fingerprint density at radius 2 is 1.86 bits per heavy atom. The van der Waals surface area contributed by atoms with Gasteiger partial charge < -0.3 is 11.1 Å². The maximum atomic E-state index is 12.2. The average Bonchev–Trinajstić information content (AvgIpc) is 3.35. The number of hydrogen-bond donors (Lipinski definition) is 2. The molecule has 3 rings (SSSR count). The van der Waals surface area contributed by atoms with Gasteiger partial charge in [-0.3, -0.25) is 14.6 Å². The van der Waals surface area contributed by atoms with Crippen molar-refractivity contribution in [3.05, 3.63) is 65.5 Å². The van der Waals surface area contributed by atoms with Crippen molar-refractivity contribution < 1.29 is 9.59 Å². The molecule has 0 aliphatic heterocycles. The summed E-state index contributed by atoms with van der Waals surface area (Å²) in [5.74, 6) is -0.793. The van der Waals surface area contributed by atoms with Gasteiger partial charge in [0.25, 0.3) is 11.8 Å². The fourth-order valence-corrected chi connectivity index (χ4v) is 2.54. The van der Waals surface area contributed by atoms with Crippen LogP contribution in [0.25, 0.3) is 0 Å². The van der Waals surface area contributed by atoms with Gasteiger partial charge in [0.1, 0.15) is 5.69 Å². The molecule has 2 amide bonds. The SMILES string of the molecule is NC(=O)c1ccc(C(=O)NCC2(c3ccccc3)CC2)cn1. The predicted molar refractivity (Wildman–Crippen MR) is 82.4 cm³/mol. The third-order valence-electron chi connectivity index (χ3n) is 4.11. The average molecular weight is 295 g/mol. The summed E-state index contributed by atoms with van der Waals surface area (Å²) >= 11 is 0. The van der Waals surface area contributed by atoms with E-state index in [4.69, 9.17) is 5.73 Å². The molecule has 1 aliphatic carbocycles. The Balaban J connectivity index is 1.64. The molecule has 0 atom stereocenters. The molecule has 3 N–H and O–H groups in total. The van der Waals surface area contributed by atoms with Gasteiger partial charge in [0.05, 0.1) is 5.56 Å². The van der Waals surface area contributed by atoms with Gasteiger partial charge in [0.2, 0.25) is 0 Å². The number of hydrogen-bond acceptors (Lipinski definition) is 3. The molecule has 1 aromatic carbocycles. The van der Waals surface area contributed by atoms with Crippen LogP contribution in [0, 0.1) is 0 Å². The molecular weight excluding hydrogens is 278 g/mol. The molecule has 0 radical (unpaired) electrons. The first kappa shape index (κ1) is 14.3. The molecule has 5 heteroatoms.